The van der Waals surface area contributed by atoms with Gasteiger partial charge in [-0.15, -0.1) is 0 Å². The van der Waals surface area contributed by atoms with Crippen LogP contribution < -0.4 is 0 Å². The smallest absolute Gasteiger partial charge is 0.134 e. The molecule has 0 atom stereocenters. The third-order valence-corrected chi connectivity index (χ3v) is 2.37. The van der Waals surface area contributed by atoms with E-state index in [1.165, 1.54) is 12.1 Å². The zero-order valence-electron chi connectivity index (χ0n) is 8.11. The van der Waals surface area contributed by atoms with Crippen LogP contribution in [0.25, 0.3) is 11.3 Å². The van der Waals surface area contributed by atoms with E-state index >= 15 is 0 Å². The van der Waals surface area contributed by atoms with Crippen LogP contribution in [0.3, 0.4) is 0 Å². The number of benzene rings is 1. The fourth-order valence-electron chi connectivity index (χ4n) is 1.39. The van der Waals surface area contributed by atoms with E-state index in [4.69, 9.17) is 4.42 Å². The van der Waals surface area contributed by atoms with E-state index in [1.54, 1.807) is 12.1 Å². The molecule has 1 nitrogen and oxygen atoms in total. The fraction of sp³-hybridized carbons (Fsp3) is 0.167. The SMILES string of the molecule is Fc1ccc(-c2ccc(CCS)o2)cc1. The van der Waals surface area contributed by atoms with Gasteiger partial charge in [0.25, 0.3) is 0 Å². The molecule has 1 aromatic carbocycles. The third-order valence-electron chi connectivity index (χ3n) is 2.15. The zero-order chi connectivity index (χ0) is 10.7. The third kappa shape index (κ3) is 2.42. The first kappa shape index (κ1) is 10.3. The predicted octanol–water partition coefficient (Wildman–Crippen LogP) is 3.56. The van der Waals surface area contributed by atoms with Gasteiger partial charge in [0.15, 0.2) is 0 Å². The van der Waals surface area contributed by atoms with Gasteiger partial charge in [-0.2, -0.15) is 12.6 Å². The van der Waals surface area contributed by atoms with Crippen LogP contribution in [0.5, 0.6) is 0 Å². The molecule has 0 spiro atoms. The van der Waals surface area contributed by atoms with Crippen molar-refractivity contribution < 1.29 is 8.81 Å². The Kier molecular flexibility index (Phi) is 3.11. The van der Waals surface area contributed by atoms with Crippen LogP contribution in [0.4, 0.5) is 4.39 Å². The molecule has 0 bridgehead atoms. The largest absolute Gasteiger partial charge is 0.461 e. The molecule has 0 radical (unpaired) electrons. The second-order valence-electron chi connectivity index (χ2n) is 3.25. The van der Waals surface area contributed by atoms with Gasteiger partial charge in [-0.25, -0.2) is 4.39 Å². The first-order valence-corrected chi connectivity index (χ1v) is 5.38. The fourth-order valence-corrected chi connectivity index (χ4v) is 1.61. The van der Waals surface area contributed by atoms with Crippen molar-refractivity contribution in [1.82, 2.24) is 0 Å². The summed E-state index contributed by atoms with van der Waals surface area (Å²) in [6.07, 6.45) is 0.810. The van der Waals surface area contributed by atoms with E-state index in [9.17, 15) is 4.39 Å². The lowest BCUT2D eigenvalue weighted by Crippen LogP contribution is -1.80. The summed E-state index contributed by atoms with van der Waals surface area (Å²) < 4.78 is 18.3. The topological polar surface area (TPSA) is 13.1 Å². The van der Waals surface area contributed by atoms with Crippen LogP contribution in [-0.4, -0.2) is 5.75 Å². The Morgan fingerprint density at radius 3 is 2.47 bits per heavy atom. The van der Waals surface area contributed by atoms with E-state index in [0.29, 0.717) is 0 Å². The molecule has 0 unspecified atom stereocenters. The van der Waals surface area contributed by atoms with E-state index in [-0.39, 0.29) is 5.82 Å². The molecule has 3 heteroatoms. The van der Waals surface area contributed by atoms with Crippen molar-refractivity contribution in [3.8, 4) is 11.3 Å². The second-order valence-corrected chi connectivity index (χ2v) is 3.69. The summed E-state index contributed by atoms with van der Waals surface area (Å²) in [6.45, 7) is 0. The summed E-state index contributed by atoms with van der Waals surface area (Å²) in [5, 5.41) is 0. The molecule has 1 aromatic heterocycles. The molecule has 0 aliphatic heterocycles. The summed E-state index contributed by atoms with van der Waals surface area (Å²) in [5.74, 6) is 2.20. The lowest BCUT2D eigenvalue weighted by atomic mass is 10.2. The van der Waals surface area contributed by atoms with Crippen molar-refractivity contribution in [2.75, 3.05) is 5.75 Å². The number of rotatable bonds is 3. The molecule has 0 saturated carbocycles. The van der Waals surface area contributed by atoms with Crippen molar-refractivity contribution in [3.05, 3.63) is 48.0 Å². The Balaban J connectivity index is 2.25. The van der Waals surface area contributed by atoms with Gasteiger partial charge >= 0.3 is 0 Å². The molecule has 0 N–H and O–H groups in total. The lowest BCUT2D eigenvalue weighted by Gasteiger charge is -1.96. The maximum absolute atomic E-state index is 12.7. The van der Waals surface area contributed by atoms with E-state index < -0.39 is 0 Å². The molecule has 0 aliphatic carbocycles. The molecule has 78 valence electrons. The number of hydrogen-bond donors (Lipinski definition) is 1. The van der Waals surface area contributed by atoms with Gasteiger partial charge in [0.05, 0.1) is 0 Å². The Morgan fingerprint density at radius 1 is 1.07 bits per heavy atom. The number of halogens is 1. The maximum Gasteiger partial charge on any atom is 0.134 e. The number of thiol groups is 1. The molecule has 0 saturated heterocycles. The Morgan fingerprint density at radius 2 is 1.80 bits per heavy atom. The summed E-state index contributed by atoms with van der Waals surface area (Å²) in [5.41, 5.74) is 0.891. The Hall–Kier alpha value is -1.22. The average molecular weight is 222 g/mol. The molecule has 0 amide bonds. The van der Waals surface area contributed by atoms with Gasteiger partial charge in [-0.1, -0.05) is 0 Å². The van der Waals surface area contributed by atoms with Gasteiger partial charge in [-0.3, -0.25) is 0 Å². The minimum Gasteiger partial charge on any atom is -0.461 e. The summed E-state index contributed by atoms with van der Waals surface area (Å²) in [6, 6.07) is 10.1. The van der Waals surface area contributed by atoms with Crippen LogP contribution >= 0.6 is 12.6 Å². The van der Waals surface area contributed by atoms with Crippen molar-refractivity contribution in [2.45, 2.75) is 6.42 Å². The van der Waals surface area contributed by atoms with Crippen molar-refractivity contribution >= 4 is 12.6 Å². The summed E-state index contributed by atoms with van der Waals surface area (Å²) >= 11 is 4.13. The van der Waals surface area contributed by atoms with Gasteiger partial charge in [0.2, 0.25) is 0 Å². The van der Waals surface area contributed by atoms with Crippen molar-refractivity contribution in [1.29, 1.82) is 0 Å². The van der Waals surface area contributed by atoms with E-state index in [0.717, 1.165) is 29.3 Å². The van der Waals surface area contributed by atoms with E-state index in [1.807, 2.05) is 12.1 Å². The van der Waals surface area contributed by atoms with Crippen LogP contribution in [0, 0.1) is 5.82 Å². The molecule has 1 heterocycles. The molecule has 0 aliphatic rings. The first-order valence-electron chi connectivity index (χ1n) is 4.75. The van der Waals surface area contributed by atoms with Crippen molar-refractivity contribution in [2.24, 2.45) is 0 Å². The molecular weight excluding hydrogens is 211 g/mol. The minimum atomic E-state index is -0.235. The molecule has 2 rings (SSSR count). The van der Waals surface area contributed by atoms with Gasteiger partial charge < -0.3 is 4.42 Å². The predicted molar refractivity (Wildman–Crippen MR) is 61.7 cm³/mol. The van der Waals surface area contributed by atoms with Crippen molar-refractivity contribution in [3.63, 3.8) is 0 Å². The average Bonchev–Trinajstić information content (AvgIpc) is 2.68. The highest BCUT2D eigenvalue weighted by Crippen LogP contribution is 2.22. The highest BCUT2D eigenvalue weighted by molar-refractivity contribution is 7.80. The van der Waals surface area contributed by atoms with Crippen LogP contribution in [-0.2, 0) is 6.42 Å². The quantitative estimate of drug-likeness (QED) is 0.784. The molecule has 15 heavy (non-hydrogen) atoms. The monoisotopic (exact) mass is 222 g/mol. The molecular formula is C12H11FOS. The van der Waals surface area contributed by atoms with Crippen LogP contribution in [0.2, 0.25) is 0 Å². The number of furan rings is 1. The molecule has 0 fully saturated rings. The van der Waals surface area contributed by atoms with Crippen LogP contribution in [0.1, 0.15) is 5.76 Å². The van der Waals surface area contributed by atoms with E-state index in [2.05, 4.69) is 12.6 Å². The highest BCUT2D eigenvalue weighted by atomic mass is 32.1. The highest BCUT2D eigenvalue weighted by Gasteiger charge is 2.03. The Labute approximate surface area is 93.3 Å². The van der Waals surface area contributed by atoms with Gasteiger partial charge in [0.1, 0.15) is 17.3 Å². The minimum absolute atomic E-state index is 0.235. The van der Waals surface area contributed by atoms with Crippen LogP contribution in [0.15, 0.2) is 40.8 Å². The normalized spacial score (nSPS) is 10.5. The second kappa shape index (κ2) is 4.53. The summed E-state index contributed by atoms with van der Waals surface area (Å²) in [7, 11) is 0. The number of aryl methyl sites for hydroxylation is 1. The summed E-state index contributed by atoms with van der Waals surface area (Å²) in [4.78, 5) is 0. The van der Waals surface area contributed by atoms with Gasteiger partial charge in [-0.05, 0) is 42.2 Å². The Bertz CT molecular complexity index is 433. The zero-order valence-corrected chi connectivity index (χ0v) is 9.01. The van der Waals surface area contributed by atoms with Gasteiger partial charge in [0, 0.05) is 12.0 Å². The molecule has 2 aromatic rings. The standard InChI is InChI=1S/C12H11FOS/c13-10-3-1-9(2-4-10)12-6-5-11(14-12)7-8-15/h1-6,15H,7-8H2. The lowest BCUT2D eigenvalue weighted by molar-refractivity contribution is 0.530. The first-order chi connectivity index (χ1) is 7.29. The number of hydrogen-bond acceptors (Lipinski definition) is 2. The maximum atomic E-state index is 12.7.